The van der Waals surface area contributed by atoms with Crippen LogP contribution in [0.15, 0.2) is 47.4 Å². The molecule has 0 spiro atoms. The highest BCUT2D eigenvalue weighted by Crippen LogP contribution is 2.24. The summed E-state index contributed by atoms with van der Waals surface area (Å²) in [5, 5.41) is 0.992. The first kappa shape index (κ1) is 21.8. The van der Waals surface area contributed by atoms with Crippen LogP contribution in [0.3, 0.4) is 0 Å². The molecule has 2 heterocycles. The number of amides is 1. The minimum atomic E-state index is -4.08. The molecule has 0 N–H and O–H groups in total. The van der Waals surface area contributed by atoms with Gasteiger partial charge in [0.15, 0.2) is 0 Å². The minimum absolute atomic E-state index is 0.0360. The van der Waals surface area contributed by atoms with E-state index in [9.17, 15) is 22.0 Å². The summed E-state index contributed by atoms with van der Waals surface area (Å²) in [5.41, 5.74) is 0.962. The number of sulfonamides is 1. The third-order valence-electron chi connectivity index (χ3n) is 5.22. The normalized spacial score (nSPS) is 15.5. The van der Waals surface area contributed by atoms with Gasteiger partial charge in [-0.25, -0.2) is 22.2 Å². The lowest BCUT2D eigenvalue weighted by molar-refractivity contribution is -0.132. The third-order valence-corrected chi connectivity index (χ3v) is 8.25. The molecule has 0 radical (unpaired) electrons. The molecule has 31 heavy (non-hydrogen) atoms. The van der Waals surface area contributed by atoms with Crippen LogP contribution < -0.4 is 0 Å². The van der Waals surface area contributed by atoms with Gasteiger partial charge in [0.05, 0.1) is 15.2 Å². The topological polar surface area (TPSA) is 70.6 Å². The van der Waals surface area contributed by atoms with Crippen LogP contribution in [0.5, 0.6) is 0 Å². The fourth-order valence-electron chi connectivity index (χ4n) is 3.58. The number of piperazine rings is 1. The van der Waals surface area contributed by atoms with E-state index in [1.807, 2.05) is 24.3 Å². The van der Waals surface area contributed by atoms with Crippen LogP contribution in [0.2, 0.25) is 0 Å². The Labute approximate surface area is 183 Å². The summed E-state index contributed by atoms with van der Waals surface area (Å²) in [6.45, 7) is 0.621. The van der Waals surface area contributed by atoms with Crippen molar-refractivity contribution in [2.24, 2.45) is 0 Å². The van der Waals surface area contributed by atoms with Crippen LogP contribution in [0.25, 0.3) is 10.2 Å². The lowest BCUT2D eigenvalue weighted by Crippen LogP contribution is -2.50. The molecule has 10 heteroatoms. The second-order valence-electron chi connectivity index (χ2n) is 7.29. The zero-order chi connectivity index (χ0) is 22.0. The molecule has 1 fully saturated rings. The Bertz CT molecular complexity index is 1170. The first-order chi connectivity index (χ1) is 14.8. The number of aromatic nitrogens is 1. The molecule has 0 bridgehead atoms. The predicted molar refractivity (Wildman–Crippen MR) is 114 cm³/mol. The number of hydrogen-bond donors (Lipinski definition) is 0. The lowest BCUT2D eigenvalue weighted by atomic mass is 10.2. The first-order valence-corrected chi connectivity index (χ1v) is 12.2. The molecule has 1 aliphatic rings. The van der Waals surface area contributed by atoms with E-state index >= 15 is 0 Å². The van der Waals surface area contributed by atoms with Gasteiger partial charge >= 0.3 is 0 Å². The van der Waals surface area contributed by atoms with Crippen LogP contribution in [-0.4, -0.2) is 54.7 Å². The second-order valence-corrected chi connectivity index (χ2v) is 10.3. The Morgan fingerprint density at radius 1 is 1.06 bits per heavy atom. The fourth-order valence-corrected chi connectivity index (χ4v) is 6.05. The van der Waals surface area contributed by atoms with Crippen molar-refractivity contribution in [2.75, 3.05) is 26.2 Å². The minimum Gasteiger partial charge on any atom is -0.340 e. The summed E-state index contributed by atoms with van der Waals surface area (Å²) < 4.78 is 54.6. The van der Waals surface area contributed by atoms with Crippen LogP contribution in [0.1, 0.15) is 17.8 Å². The smallest absolute Gasteiger partial charge is 0.246 e. The number of fused-ring (bicyclic) bond motifs is 1. The van der Waals surface area contributed by atoms with Gasteiger partial charge in [0.25, 0.3) is 0 Å². The van der Waals surface area contributed by atoms with E-state index in [2.05, 4.69) is 4.98 Å². The van der Waals surface area contributed by atoms with Gasteiger partial charge in [0.2, 0.25) is 15.9 Å². The SMILES string of the molecule is O=C(CCCc1nc2ccccc2s1)N1CCN(S(=O)(=O)c2ccc(F)cc2F)CC1. The second kappa shape index (κ2) is 8.97. The number of para-hydroxylation sites is 1. The number of nitrogens with zero attached hydrogens (tertiary/aromatic N) is 3. The summed E-state index contributed by atoms with van der Waals surface area (Å²) in [6, 6.07) is 10.3. The molecule has 0 atom stereocenters. The van der Waals surface area contributed by atoms with E-state index in [0.29, 0.717) is 25.3 Å². The van der Waals surface area contributed by atoms with Crippen molar-refractivity contribution in [1.29, 1.82) is 0 Å². The largest absolute Gasteiger partial charge is 0.340 e. The molecular weight excluding hydrogens is 444 g/mol. The molecule has 3 aromatic rings. The third kappa shape index (κ3) is 4.76. The monoisotopic (exact) mass is 465 g/mol. The van der Waals surface area contributed by atoms with Crippen LogP contribution >= 0.6 is 11.3 Å². The number of halogens is 2. The van der Waals surface area contributed by atoms with Crippen LogP contribution in [-0.2, 0) is 21.2 Å². The van der Waals surface area contributed by atoms with Gasteiger partial charge in [0.1, 0.15) is 16.5 Å². The van der Waals surface area contributed by atoms with Crippen molar-refractivity contribution in [3.63, 3.8) is 0 Å². The molecule has 164 valence electrons. The molecule has 0 unspecified atom stereocenters. The van der Waals surface area contributed by atoms with E-state index in [1.165, 1.54) is 0 Å². The van der Waals surface area contributed by atoms with E-state index in [1.54, 1.807) is 16.2 Å². The average Bonchev–Trinajstić information content (AvgIpc) is 3.16. The maximum atomic E-state index is 13.9. The number of rotatable bonds is 6. The van der Waals surface area contributed by atoms with Crippen LogP contribution in [0.4, 0.5) is 8.78 Å². The molecule has 6 nitrogen and oxygen atoms in total. The molecular formula is C21H21F2N3O3S2. The summed E-state index contributed by atoms with van der Waals surface area (Å²) >= 11 is 1.62. The molecule has 4 rings (SSSR count). The van der Waals surface area contributed by atoms with Gasteiger partial charge in [0, 0.05) is 38.7 Å². The van der Waals surface area contributed by atoms with Crippen molar-refractivity contribution in [3.8, 4) is 0 Å². The van der Waals surface area contributed by atoms with E-state index in [4.69, 9.17) is 0 Å². The zero-order valence-corrected chi connectivity index (χ0v) is 18.3. The molecule has 0 aliphatic carbocycles. The lowest BCUT2D eigenvalue weighted by Gasteiger charge is -2.34. The Balaban J connectivity index is 1.29. The average molecular weight is 466 g/mol. The van der Waals surface area contributed by atoms with Gasteiger partial charge < -0.3 is 4.90 Å². The summed E-state index contributed by atoms with van der Waals surface area (Å²) in [5.74, 6) is -1.99. The van der Waals surface area contributed by atoms with E-state index in [0.717, 1.165) is 31.7 Å². The van der Waals surface area contributed by atoms with Crippen molar-refractivity contribution in [2.45, 2.75) is 24.2 Å². The Hall–Kier alpha value is -2.43. The number of aryl methyl sites for hydroxylation is 1. The summed E-state index contributed by atoms with van der Waals surface area (Å²) in [7, 11) is -4.08. The Kier molecular flexibility index (Phi) is 6.31. The summed E-state index contributed by atoms with van der Waals surface area (Å²) in [6.07, 6.45) is 1.73. The van der Waals surface area contributed by atoms with Crippen molar-refractivity contribution in [3.05, 3.63) is 59.1 Å². The summed E-state index contributed by atoms with van der Waals surface area (Å²) in [4.78, 5) is 18.2. The van der Waals surface area contributed by atoms with Gasteiger partial charge in [-0.1, -0.05) is 12.1 Å². The fraction of sp³-hybridized carbons (Fsp3) is 0.333. The number of thiazole rings is 1. The number of carbonyl (C=O) groups excluding carboxylic acids is 1. The molecule has 0 saturated carbocycles. The number of benzene rings is 2. The first-order valence-electron chi connectivity index (χ1n) is 9.92. The predicted octanol–water partition coefficient (Wildman–Crippen LogP) is 3.43. The van der Waals surface area contributed by atoms with Crippen molar-refractivity contribution in [1.82, 2.24) is 14.2 Å². The standard InChI is InChI=1S/C21H21F2N3O3S2/c22-15-8-9-19(16(23)14-15)31(28,29)26-12-10-25(11-13-26)21(27)7-3-6-20-24-17-4-1-2-5-18(17)30-20/h1-2,4-5,8-9,14H,3,6-7,10-13H2. The highest BCUT2D eigenvalue weighted by Gasteiger charge is 2.31. The molecule has 1 saturated heterocycles. The number of hydrogen-bond acceptors (Lipinski definition) is 5. The van der Waals surface area contributed by atoms with Crippen molar-refractivity contribution < 1.29 is 22.0 Å². The van der Waals surface area contributed by atoms with Crippen molar-refractivity contribution >= 4 is 37.5 Å². The zero-order valence-electron chi connectivity index (χ0n) is 16.6. The van der Waals surface area contributed by atoms with E-state index in [-0.39, 0.29) is 32.1 Å². The quantitative estimate of drug-likeness (QED) is 0.559. The van der Waals surface area contributed by atoms with Gasteiger partial charge in [-0.3, -0.25) is 4.79 Å². The molecule has 1 aliphatic heterocycles. The molecule has 1 aromatic heterocycles. The van der Waals surface area contributed by atoms with Gasteiger partial charge in [-0.2, -0.15) is 4.31 Å². The van der Waals surface area contributed by atoms with E-state index < -0.39 is 26.6 Å². The maximum absolute atomic E-state index is 13.9. The number of carbonyl (C=O) groups is 1. The highest BCUT2D eigenvalue weighted by atomic mass is 32.2. The van der Waals surface area contributed by atoms with Crippen LogP contribution in [0, 0.1) is 11.6 Å². The van der Waals surface area contributed by atoms with Gasteiger partial charge in [-0.05, 0) is 37.1 Å². The molecule has 1 amide bonds. The molecule has 2 aromatic carbocycles. The maximum Gasteiger partial charge on any atom is 0.246 e. The highest BCUT2D eigenvalue weighted by molar-refractivity contribution is 7.89. The Morgan fingerprint density at radius 3 is 2.52 bits per heavy atom. The van der Waals surface area contributed by atoms with Gasteiger partial charge in [-0.15, -0.1) is 11.3 Å². The Morgan fingerprint density at radius 2 is 1.81 bits per heavy atom.